The second kappa shape index (κ2) is 6.78. The topological polar surface area (TPSA) is 28.2 Å². The highest BCUT2D eigenvalue weighted by Gasteiger charge is 2.27. The molecule has 1 aliphatic rings. The lowest BCUT2D eigenvalue weighted by atomic mass is 9.84. The van der Waals surface area contributed by atoms with Crippen LogP contribution in [0.3, 0.4) is 0 Å². The largest absolute Gasteiger partial charge is 0.356 e. The molecule has 1 N–H and O–H groups in total. The van der Waals surface area contributed by atoms with Crippen LogP contribution in [0, 0.1) is 5.41 Å². The zero-order chi connectivity index (χ0) is 15.5. The predicted molar refractivity (Wildman–Crippen MR) is 90.9 cm³/mol. The first-order chi connectivity index (χ1) is 9.91. The van der Waals surface area contributed by atoms with E-state index in [1.807, 2.05) is 0 Å². The Bertz CT molecular complexity index is 466. The summed E-state index contributed by atoms with van der Waals surface area (Å²) in [6.45, 7) is 15.5. The van der Waals surface area contributed by atoms with Crippen molar-refractivity contribution in [3.8, 4) is 0 Å². The molecule has 2 heterocycles. The van der Waals surface area contributed by atoms with Crippen LogP contribution < -0.4 is 10.2 Å². The van der Waals surface area contributed by atoms with E-state index in [1.54, 1.807) is 0 Å². The summed E-state index contributed by atoms with van der Waals surface area (Å²) >= 11 is 0. The zero-order valence-corrected chi connectivity index (χ0v) is 14.4. The molecule has 0 saturated carbocycles. The van der Waals surface area contributed by atoms with E-state index in [1.165, 1.54) is 29.9 Å². The van der Waals surface area contributed by atoms with Gasteiger partial charge < -0.3 is 10.2 Å². The number of pyridine rings is 1. The summed E-state index contributed by atoms with van der Waals surface area (Å²) < 4.78 is 0. The van der Waals surface area contributed by atoms with Crippen molar-refractivity contribution in [2.45, 2.75) is 59.9 Å². The number of anilines is 1. The van der Waals surface area contributed by atoms with Gasteiger partial charge in [-0.15, -0.1) is 0 Å². The summed E-state index contributed by atoms with van der Waals surface area (Å²) in [5.41, 5.74) is 2.97. The maximum Gasteiger partial charge on any atom is 0.129 e. The van der Waals surface area contributed by atoms with Crippen molar-refractivity contribution in [1.29, 1.82) is 0 Å². The minimum atomic E-state index is 0.398. The van der Waals surface area contributed by atoms with Crippen LogP contribution in [0.1, 0.15) is 64.6 Å². The molecule has 118 valence electrons. The summed E-state index contributed by atoms with van der Waals surface area (Å²) in [6.07, 6.45) is 2.58. The molecule has 0 spiro atoms. The molecule has 0 aromatic carbocycles. The molecule has 0 atom stereocenters. The van der Waals surface area contributed by atoms with Crippen LogP contribution in [0.4, 0.5) is 5.82 Å². The normalized spacial score (nSPS) is 18.3. The van der Waals surface area contributed by atoms with Crippen molar-refractivity contribution < 1.29 is 0 Å². The average molecular weight is 289 g/mol. The SMILES string of the molecule is CCNCc1cc(C(C)C)nc(N2CCCC(C)(C)C2)c1. The van der Waals surface area contributed by atoms with Gasteiger partial charge in [-0.3, -0.25) is 0 Å². The van der Waals surface area contributed by atoms with Crippen LogP contribution in [-0.4, -0.2) is 24.6 Å². The molecule has 1 aromatic heterocycles. The Morgan fingerprint density at radius 1 is 1.33 bits per heavy atom. The van der Waals surface area contributed by atoms with Gasteiger partial charge in [0, 0.05) is 25.3 Å². The van der Waals surface area contributed by atoms with Crippen LogP contribution in [0.15, 0.2) is 12.1 Å². The monoisotopic (exact) mass is 289 g/mol. The smallest absolute Gasteiger partial charge is 0.129 e. The third-order valence-corrected chi connectivity index (χ3v) is 4.29. The van der Waals surface area contributed by atoms with Gasteiger partial charge in [-0.25, -0.2) is 4.98 Å². The number of nitrogens with one attached hydrogen (secondary N) is 1. The highest BCUT2D eigenvalue weighted by molar-refractivity contribution is 5.44. The molecule has 21 heavy (non-hydrogen) atoms. The first kappa shape index (κ1) is 16.3. The van der Waals surface area contributed by atoms with Gasteiger partial charge >= 0.3 is 0 Å². The van der Waals surface area contributed by atoms with Crippen LogP contribution in [-0.2, 0) is 6.54 Å². The Morgan fingerprint density at radius 3 is 2.71 bits per heavy atom. The van der Waals surface area contributed by atoms with E-state index in [-0.39, 0.29) is 0 Å². The lowest BCUT2D eigenvalue weighted by Crippen LogP contribution is -2.40. The first-order valence-electron chi connectivity index (χ1n) is 8.38. The summed E-state index contributed by atoms with van der Waals surface area (Å²) in [6, 6.07) is 4.53. The molecule has 1 aliphatic heterocycles. The Hall–Kier alpha value is -1.09. The quantitative estimate of drug-likeness (QED) is 0.890. The van der Waals surface area contributed by atoms with Crippen molar-refractivity contribution in [2.24, 2.45) is 5.41 Å². The Morgan fingerprint density at radius 2 is 2.10 bits per heavy atom. The lowest BCUT2D eigenvalue weighted by Gasteiger charge is -2.39. The van der Waals surface area contributed by atoms with Crippen LogP contribution in [0.25, 0.3) is 0 Å². The Labute approximate surface area is 130 Å². The van der Waals surface area contributed by atoms with E-state index >= 15 is 0 Å². The van der Waals surface area contributed by atoms with Crippen molar-refractivity contribution in [1.82, 2.24) is 10.3 Å². The van der Waals surface area contributed by atoms with Gasteiger partial charge in [0.25, 0.3) is 0 Å². The molecule has 3 nitrogen and oxygen atoms in total. The number of aromatic nitrogens is 1. The van der Waals surface area contributed by atoms with E-state index in [0.29, 0.717) is 11.3 Å². The predicted octanol–water partition coefficient (Wildman–Crippen LogP) is 3.94. The van der Waals surface area contributed by atoms with Gasteiger partial charge in [-0.2, -0.15) is 0 Å². The van der Waals surface area contributed by atoms with Crippen LogP contribution >= 0.6 is 0 Å². The van der Waals surface area contributed by atoms with E-state index in [2.05, 4.69) is 57.0 Å². The molecule has 1 fully saturated rings. The summed E-state index contributed by atoms with van der Waals surface area (Å²) in [5, 5.41) is 3.43. The molecule has 0 radical (unpaired) electrons. The third kappa shape index (κ3) is 4.44. The number of nitrogens with zero attached hydrogens (tertiary/aromatic N) is 2. The molecule has 3 heteroatoms. The molecule has 0 amide bonds. The highest BCUT2D eigenvalue weighted by Crippen LogP contribution is 2.31. The van der Waals surface area contributed by atoms with Crippen molar-refractivity contribution in [2.75, 3.05) is 24.5 Å². The van der Waals surface area contributed by atoms with E-state index in [9.17, 15) is 0 Å². The number of rotatable bonds is 5. The van der Waals surface area contributed by atoms with Gasteiger partial charge in [-0.05, 0) is 48.4 Å². The minimum absolute atomic E-state index is 0.398. The van der Waals surface area contributed by atoms with E-state index < -0.39 is 0 Å². The molecule has 1 aromatic rings. The Balaban J connectivity index is 2.26. The number of hydrogen-bond acceptors (Lipinski definition) is 3. The number of hydrogen-bond donors (Lipinski definition) is 1. The van der Waals surface area contributed by atoms with Crippen LogP contribution in [0.2, 0.25) is 0 Å². The summed E-state index contributed by atoms with van der Waals surface area (Å²) in [7, 11) is 0. The molecule has 0 bridgehead atoms. The van der Waals surface area contributed by atoms with Crippen molar-refractivity contribution in [3.63, 3.8) is 0 Å². The Kier molecular flexibility index (Phi) is 5.26. The minimum Gasteiger partial charge on any atom is -0.356 e. The average Bonchev–Trinajstić information content (AvgIpc) is 2.43. The maximum absolute atomic E-state index is 4.93. The first-order valence-corrected chi connectivity index (χ1v) is 8.38. The zero-order valence-electron chi connectivity index (χ0n) is 14.4. The molecule has 0 aliphatic carbocycles. The second-order valence-corrected chi connectivity index (χ2v) is 7.38. The van der Waals surface area contributed by atoms with Crippen molar-refractivity contribution in [3.05, 3.63) is 23.4 Å². The van der Waals surface area contributed by atoms with Crippen LogP contribution in [0.5, 0.6) is 0 Å². The number of piperidine rings is 1. The fourth-order valence-electron chi connectivity index (χ4n) is 3.04. The van der Waals surface area contributed by atoms with Gasteiger partial charge in [0.2, 0.25) is 0 Å². The standard InChI is InChI=1S/C18H31N3/c1-6-19-12-15-10-16(14(2)3)20-17(11-15)21-9-7-8-18(4,5)13-21/h10-11,14,19H,6-9,12-13H2,1-5H3. The van der Waals surface area contributed by atoms with Gasteiger partial charge in [0.15, 0.2) is 0 Å². The van der Waals surface area contributed by atoms with E-state index in [0.717, 1.165) is 26.2 Å². The molecule has 0 unspecified atom stereocenters. The second-order valence-electron chi connectivity index (χ2n) is 7.38. The van der Waals surface area contributed by atoms with E-state index in [4.69, 9.17) is 4.98 Å². The van der Waals surface area contributed by atoms with Gasteiger partial charge in [0.05, 0.1) is 0 Å². The maximum atomic E-state index is 4.93. The van der Waals surface area contributed by atoms with Gasteiger partial charge in [0.1, 0.15) is 5.82 Å². The molecular formula is C18H31N3. The molecule has 2 rings (SSSR count). The van der Waals surface area contributed by atoms with Gasteiger partial charge in [-0.1, -0.05) is 34.6 Å². The highest BCUT2D eigenvalue weighted by atomic mass is 15.2. The third-order valence-electron chi connectivity index (χ3n) is 4.29. The summed E-state index contributed by atoms with van der Waals surface area (Å²) in [5.74, 6) is 1.64. The summed E-state index contributed by atoms with van der Waals surface area (Å²) in [4.78, 5) is 7.41. The fourth-order valence-corrected chi connectivity index (χ4v) is 3.04. The molecular weight excluding hydrogens is 258 g/mol. The fraction of sp³-hybridized carbons (Fsp3) is 0.722. The lowest BCUT2D eigenvalue weighted by molar-refractivity contribution is 0.292. The molecule has 1 saturated heterocycles. The van der Waals surface area contributed by atoms with Crippen molar-refractivity contribution >= 4 is 5.82 Å².